The predicted octanol–water partition coefficient (Wildman–Crippen LogP) is 5.73. The van der Waals surface area contributed by atoms with E-state index in [0.29, 0.717) is 49.3 Å². The Labute approximate surface area is 322 Å². The summed E-state index contributed by atoms with van der Waals surface area (Å²) in [4.78, 5) is 35.3. The molecule has 2 N–H and O–H groups in total. The van der Waals surface area contributed by atoms with Crippen molar-refractivity contribution in [3.05, 3.63) is 72.8 Å². The number of nitrogens with zero attached hydrogens (tertiary/aromatic N) is 7. The number of amides is 1. The summed E-state index contributed by atoms with van der Waals surface area (Å²) < 4.78 is 87.0. The van der Waals surface area contributed by atoms with Crippen molar-refractivity contribution in [2.45, 2.75) is 49.9 Å². The lowest BCUT2D eigenvalue weighted by Gasteiger charge is -2.47. The zero-order chi connectivity index (χ0) is 39.9. The summed E-state index contributed by atoms with van der Waals surface area (Å²) in [6.07, 6.45) is -0.199. The first-order chi connectivity index (χ1) is 26.6. The molecule has 0 radical (unpaired) electrons. The molecule has 3 aromatic heterocycles. The maximum Gasteiger partial charge on any atom is 0.433 e. The van der Waals surface area contributed by atoms with E-state index in [9.17, 15) is 30.8 Å². The van der Waals surface area contributed by atoms with Crippen LogP contribution >= 0.6 is 0 Å². The van der Waals surface area contributed by atoms with Crippen LogP contribution in [0, 0.1) is 5.92 Å². The molecule has 13 nitrogen and oxygen atoms in total. The summed E-state index contributed by atoms with van der Waals surface area (Å²) in [7, 11) is -2.04. The van der Waals surface area contributed by atoms with Crippen molar-refractivity contribution in [1.82, 2.24) is 19.9 Å². The standard InChI is InChI=1S/C38H43F4N9O4S/c1-5-35(52)46-28-16-29(51-18-23(19-51)31-21-49(12-13-56(31,53)54)24-6-9-43-32(14-24)38(40,41)42)26-17-45-34(15-25(26)36(28)22(2)3)47-33-7-10-44-37(48-33)50-11-8-30(55-4)27(39)20-50/h5-7,9-10,14-17,22-23,27,30-31H,1,8,11-13,18-21H2,2-4H3,(H,46,52)(H,44,45,47,48)/t27-,30+,31?/m0/s1. The van der Waals surface area contributed by atoms with Crippen LogP contribution < -0.4 is 25.3 Å². The Morgan fingerprint density at radius 3 is 2.45 bits per heavy atom. The van der Waals surface area contributed by atoms with Gasteiger partial charge in [-0.25, -0.2) is 22.8 Å². The zero-order valence-electron chi connectivity index (χ0n) is 31.1. The van der Waals surface area contributed by atoms with Gasteiger partial charge in [-0.1, -0.05) is 20.4 Å². The highest BCUT2D eigenvalue weighted by atomic mass is 32.2. The van der Waals surface area contributed by atoms with E-state index in [1.807, 2.05) is 30.9 Å². The second-order valence-electron chi connectivity index (χ2n) is 14.6. The quantitative estimate of drug-likeness (QED) is 0.149. The number of aromatic nitrogens is 4. The molecule has 3 aliphatic heterocycles. The maximum absolute atomic E-state index is 14.7. The van der Waals surface area contributed by atoms with Gasteiger partial charge in [0.1, 0.15) is 23.5 Å². The second-order valence-corrected chi connectivity index (χ2v) is 17.0. The van der Waals surface area contributed by atoms with Gasteiger partial charge in [0.15, 0.2) is 9.84 Å². The SMILES string of the molecule is C=CC(=O)Nc1cc(N2CC(C3CN(c4ccnc(C(F)(F)F)c4)CCS3(=O)=O)C2)c2cnc(Nc3ccnc(N4CC[C@@H](OC)[C@@H](F)C4)n3)cc2c1C(C)C. The van der Waals surface area contributed by atoms with Crippen LogP contribution in [0.5, 0.6) is 0 Å². The normalized spacial score (nSPS) is 21.6. The number of hydrogen-bond acceptors (Lipinski definition) is 12. The van der Waals surface area contributed by atoms with E-state index in [2.05, 4.69) is 32.2 Å². The number of hydrogen-bond donors (Lipinski definition) is 2. The van der Waals surface area contributed by atoms with E-state index in [1.165, 1.54) is 19.3 Å². The molecule has 3 fully saturated rings. The number of sulfone groups is 1. The maximum atomic E-state index is 14.7. The minimum absolute atomic E-state index is 0.0511. The molecule has 1 unspecified atom stereocenters. The number of piperidine rings is 1. The number of rotatable bonds is 10. The molecule has 3 aliphatic rings. The van der Waals surface area contributed by atoms with Gasteiger partial charge in [0.05, 0.1) is 23.7 Å². The van der Waals surface area contributed by atoms with E-state index >= 15 is 0 Å². The van der Waals surface area contributed by atoms with Gasteiger partial charge in [-0.15, -0.1) is 0 Å². The Balaban J connectivity index is 1.17. The number of ether oxygens (including phenoxy) is 1. The fourth-order valence-corrected chi connectivity index (χ4v) is 9.74. The largest absolute Gasteiger partial charge is 0.433 e. The highest BCUT2D eigenvalue weighted by molar-refractivity contribution is 7.92. The predicted molar refractivity (Wildman–Crippen MR) is 207 cm³/mol. The van der Waals surface area contributed by atoms with Crippen molar-refractivity contribution in [2.24, 2.45) is 5.92 Å². The number of fused-ring (bicyclic) bond motifs is 1. The molecule has 0 bridgehead atoms. The minimum atomic E-state index is -4.63. The molecular formula is C38H43F4N9O4S. The summed E-state index contributed by atoms with van der Waals surface area (Å²) in [5, 5.41) is 6.97. The van der Waals surface area contributed by atoms with Gasteiger partial charge >= 0.3 is 6.18 Å². The number of benzene rings is 1. The molecule has 7 rings (SSSR count). The molecule has 18 heteroatoms. The third-order valence-electron chi connectivity index (χ3n) is 10.7. The second kappa shape index (κ2) is 15.4. The van der Waals surface area contributed by atoms with E-state index in [4.69, 9.17) is 9.72 Å². The van der Waals surface area contributed by atoms with Crippen molar-refractivity contribution in [1.29, 1.82) is 0 Å². The molecule has 1 aromatic carbocycles. The highest BCUT2D eigenvalue weighted by Crippen LogP contribution is 2.43. The third-order valence-corrected chi connectivity index (χ3v) is 12.9. The Morgan fingerprint density at radius 1 is 0.982 bits per heavy atom. The third kappa shape index (κ3) is 7.94. The number of carbonyl (C=O) groups excluding carboxylic acids is 1. The summed E-state index contributed by atoms with van der Waals surface area (Å²) in [5.74, 6) is 0.346. The van der Waals surface area contributed by atoms with Gasteiger partial charge in [0.2, 0.25) is 11.9 Å². The number of anilines is 6. The molecular weight excluding hydrogens is 755 g/mol. The smallest absolute Gasteiger partial charge is 0.378 e. The van der Waals surface area contributed by atoms with Crippen LogP contribution in [-0.2, 0) is 25.5 Å². The molecule has 3 saturated heterocycles. The van der Waals surface area contributed by atoms with E-state index in [-0.39, 0.29) is 42.9 Å². The van der Waals surface area contributed by atoms with Gasteiger partial charge in [-0.2, -0.15) is 18.2 Å². The number of pyridine rings is 2. The number of nitrogens with one attached hydrogen (secondary N) is 2. The molecule has 56 heavy (non-hydrogen) atoms. The van der Waals surface area contributed by atoms with Crippen molar-refractivity contribution in [3.8, 4) is 0 Å². The number of halogens is 4. The summed E-state index contributed by atoms with van der Waals surface area (Å²) in [5.41, 5.74) is 1.38. The average molecular weight is 798 g/mol. The first-order valence-corrected chi connectivity index (χ1v) is 20.0. The van der Waals surface area contributed by atoms with Crippen LogP contribution in [0.15, 0.2) is 61.6 Å². The van der Waals surface area contributed by atoms with Gasteiger partial charge in [-0.05, 0) is 59.7 Å². The molecule has 298 valence electrons. The van der Waals surface area contributed by atoms with E-state index in [0.717, 1.165) is 34.3 Å². The first-order valence-electron chi connectivity index (χ1n) is 18.3. The number of alkyl halides is 4. The van der Waals surface area contributed by atoms with Gasteiger partial charge in [-0.3, -0.25) is 9.78 Å². The summed E-state index contributed by atoms with van der Waals surface area (Å²) in [6, 6.07) is 7.83. The minimum Gasteiger partial charge on any atom is -0.378 e. The first kappa shape index (κ1) is 39.1. The van der Waals surface area contributed by atoms with Gasteiger partial charge < -0.3 is 30.1 Å². The lowest BCUT2D eigenvalue weighted by molar-refractivity contribution is -0.141. The van der Waals surface area contributed by atoms with Crippen LogP contribution in [0.3, 0.4) is 0 Å². The number of carbonyl (C=O) groups is 1. The summed E-state index contributed by atoms with van der Waals surface area (Å²) in [6.45, 7) is 9.11. The van der Waals surface area contributed by atoms with Gasteiger partial charge in [0.25, 0.3) is 0 Å². The molecule has 0 spiro atoms. The molecule has 0 aliphatic carbocycles. The van der Waals surface area contributed by atoms with Crippen molar-refractivity contribution < 1.29 is 35.5 Å². The van der Waals surface area contributed by atoms with E-state index < -0.39 is 45.1 Å². The molecule has 3 atom stereocenters. The van der Waals surface area contributed by atoms with Crippen LogP contribution in [0.25, 0.3) is 10.8 Å². The van der Waals surface area contributed by atoms with Crippen molar-refractivity contribution in [3.63, 3.8) is 0 Å². The van der Waals surface area contributed by atoms with Crippen LogP contribution in [0.1, 0.15) is 37.4 Å². The van der Waals surface area contributed by atoms with Crippen LogP contribution in [0.4, 0.5) is 52.2 Å². The van der Waals surface area contributed by atoms with Crippen LogP contribution in [0.2, 0.25) is 0 Å². The molecule has 6 heterocycles. The lowest BCUT2D eigenvalue weighted by atomic mass is 9.90. The van der Waals surface area contributed by atoms with Crippen molar-refractivity contribution >= 4 is 61.2 Å². The van der Waals surface area contributed by atoms with Crippen LogP contribution in [-0.4, -0.2) is 104 Å². The zero-order valence-corrected chi connectivity index (χ0v) is 31.9. The van der Waals surface area contributed by atoms with E-state index in [1.54, 1.807) is 28.3 Å². The average Bonchev–Trinajstić information content (AvgIpc) is 3.14. The molecule has 1 amide bonds. The topological polar surface area (TPSA) is 146 Å². The Hall–Kier alpha value is -5.10. The molecule has 0 saturated carbocycles. The monoisotopic (exact) mass is 797 g/mol. The fourth-order valence-electron chi connectivity index (χ4n) is 7.79. The lowest BCUT2D eigenvalue weighted by Crippen LogP contribution is -2.60. The van der Waals surface area contributed by atoms with Gasteiger partial charge in [0, 0.05) is 86.8 Å². The Morgan fingerprint density at radius 2 is 1.75 bits per heavy atom. The Bertz CT molecular complexity index is 2240. The highest BCUT2D eigenvalue weighted by Gasteiger charge is 2.45. The fraction of sp³-hybridized carbons (Fsp3) is 0.447. The van der Waals surface area contributed by atoms with Crippen molar-refractivity contribution in [2.75, 3.05) is 77.5 Å². The molecule has 4 aromatic rings. The Kier molecular flexibility index (Phi) is 10.8. The number of methoxy groups -OCH3 is 1. The summed E-state index contributed by atoms with van der Waals surface area (Å²) >= 11 is 0.